The maximum atomic E-state index is 11.9. The summed E-state index contributed by atoms with van der Waals surface area (Å²) in [7, 11) is 0. The summed E-state index contributed by atoms with van der Waals surface area (Å²) in [6.45, 7) is 3.01. The molecule has 18 heavy (non-hydrogen) atoms. The Balaban J connectivity index is 1.71. The number of amides is 1. The van der Waals surface area contributed by atoms with Crippen LogP contribution in [0.3, 0.4) is 0 Å². The van der Waals surface area contributed by atoms with Crippen LogP contribution in [0.4, 0.5) is 0 Å². The van der Waals surface area contributed by atoms with Crippen LogP contribution in [-0.4, -0.2) is 47.2 Å². The standard InChI is InChI=1S/C13H21NO4/c1-9-2-3-11(18-9)4-5-12(15)14-7-6-10(8-14)13(16)17/h9-11H,2-8H2,1H3,(H,16,17). The molecule has 0 spiro atoms. The predicted molar refractivity (Wildman–Crippen MR) is 65.1 cm³/mol. The molecule has 0 bridgehead atoms. The number of rotatable bonds is 4. The first-order valence-corrected chi connectivity index (χ1v) is 6.72. The number of ether oxygens (including phenoxy) is 1. The Morgan fingerprint density at radius 1 is 1.33 bits per heavy atom. The van der Waals surface area contributed by atoms with Gasteiger partial charge in [-0.1, -0.05) is 0 Å². The van der Waals surface area contributed by atoms with Gasteiger partial charge in [-0.2, -0.15) is 0 Å². The molecular weight excluding hydrogens is 234 g/mol. The third-order valence-corrected chi connectivity index (χ3v) is 3.89. The summed E-state index contributed by atoms with van der Waals surface area (Å²) < 4.78 is 5.67. The van der Waals surface area contributed by atoms with Gasteiger partial charge in [0.1, 0.15) is 0 Å². The number of hydrogen-bond donors (Lipinski definition) is 1. The minimum Gasteiger partial charge on any atom is -0.481 e. The van der Waals surface area contributed by atoms with Crippen LogP contribution < -0.4 is 0 Å². The number of aliphatic carboxylic acids is 1. The minimum absolute atomic E-state index is 0.0712. The van der Waals surface area contributed by atoms with Gasteiger partial charge in [0.2, 0.25) is 5.91 Å². The van der Waals surface area contributed by atoms with Crippen LogP contribution in [0.25, 0.3) is 0 Å². The molecule has 0 aromatic heterocycles. The van der Waals surface area contributed by atoms with E-state index >= 15 is 0 Å². The Kier molecular flexibility index (Phi) is 4.22. The van der Waals surface area contributed by atoms with Crippen molar-refractivity contribution in [3.05, 3.63) is 0 Å². The van der Waals surface area contributed by atoms with Gasteiger partial charge in [0.15, 0.2) is 0 Å². The molecule has 5 heteroatoms. The Hall–Kier alpha value is -1.10. The van der Waals surface area contributed by atoms with Crippen molar-refractivity contribution in [2.45, 2.75) is 51.2 Å². The van der Waals surface area contributed by atoms with Gasteiger partial charge in [0.25, 0.3) is 0 Å². The van der Waals surface area contributed by atoms with Crippen LogP contribution in [0, 0.1) is 5.92 Å². The van der Waals surface area contributed by atoms with Crippen LogP contribution in [0.1, 0.15) is 39.0 Å². The van der Waals surface area contributed by atoms with Crippen molar-refractivity contribution in [3.8, 4) is 0 Å². The van der Waals surface area contributed by atoms with Crippen LogP contribution in [0.15, 0.2) is 0 Å². The third kappa shape index (κ3) is 3.22. The molecule has 5 nitrogen and oxygen atoms in total. The van der Waals surface area contributed by atoms with E-state index in [1.54, 1.807) is 4.90 Å². The topological polar surface area (TPSA) is 66.8 Å². The molecule has 2 saturated heterocycles. The van der Waals surface area contributed by atoms with E-state index in [2.05, 4.69) is 6.92 Å². The molecule has 0 aromatic rings. The van der Waals surface area contributed by atoms with Crippen molar-refractivity contribution >= 4 is 11.9 Å². The minimum atomic E-state index is -0.793. The number of nitrogens with zero attached hydrogens (tertiary/aromatic N) is 1. The average Bonchev–Trinajstić information content (AvgIpc) is 2.94. The second-order valence-corrected chi connectivity index (χ2v) is 5.35. The van der Waals surface area contributed by atoms with Crippen molar-refractivity contribution in [1.29, 1.82) is 0 Å². The number of carbonyl (C=O) groups is 2. The van der Waals surface area contributed by atoms with Crippen molar-refractivity contribution in [2.75, 3.05) is 13.1 Å². The Labute approximate surface area is 107 Å². The first-order valence-electron chi connectivity index (χ1n) is 6.72. The Morgan fingerprint density at radius 2 is 2.11 bits per heavy atom. The normalized spacial score (nSPS) is 31.8. The molecule has 2 heterocycles. The number of carbonyl (C=O) groups excluding carboxylic acids is 1. The fourth-order valence-electron chi connectivity index (χ4n) is 2.73. The van der Waals surface area contributed by atoms with Gasteiger partial charge in [0.05, 0.1) is 18.1 Å². The quantitative estimate of drug-likeness (QED) is 0.821. The summed E-state index contributed by atoms with van der Waals surface area (Å²) in [5, 5.41) is 8.89. The van der Waals surface area contributed by atoms with E-state index in [4.69, 9.17) is 9.84 Å². The summed E-state index contributed by atoms with van der Waals surface area (Å²) in [6, 6.07) is 0. The smallest absolute Gasteiger partial charge is 0.308 e. The van der Waals surface area contributed by atoms with E-state index in [1.807, 2.05) is 0 Å². The highest BCUT2D eigenvalue weighted by Crippen LogP contribution is 2.24. The van der Waals surface area contributed by atoms with E-state index in [9.17, 15) is 9.59 Å². The monoisotopic (exact) mass is 255 g/mol. The number of hydrogen-bond acceptors (Lipinski definition) is 3. The molecular formula is C13H21NO4. The van der Waals surface area contributed by atoms with E-state index in [1.165, 1.54) is 0 Å². The van der Waals surface area contributed by atoms with E-state index < -0.39 is 5.97 Å². The molecule has 102 valence electrons. The Morgan fingerprint density at radius 3 is 2.67 bits per heavy atom. The maximum absolute atomic E-state index is 11.9. The number of likely N-dealkylation sites (tertiary alicyclic amines) is 1. The average molecular weight is 255 g/mol. The van der Waals surface area contributed by atoms with E-state index in [-0.39, 0.29) is 17.9 Å². The Bertz CT molecular complexity index is 331. The van der Waals surface area contributed by atoms with Gasteiger partial charge < -0.3 is 14.7 Å². The zero-order valence-electron chi connectivity index (χ0n) is 10.8. The van der Waals surface area contributed by atoms with Gasteiger partial charge in [-0.15, -0.1) is 0 Å². The van der Waals surface area contributed by atoms with Gasteiger partial charge in [-0.25, -0.2) is 0 Å². The maximum Gasteiger partial charge on any atom is 0.308 e. The molecule has 0 aliphatic carbocycles. The third-order valence-electron chi connectivity index (χ3n) is 3.89. The summed E-state index contributed by atoms with van der Waals surface area (Å²) in [6.07, 6.45) is 4.45. The highest BCUT2D eigenvalue weighted by molar-refractivity contribution is 5.78. The van der Waals surface area contributed by atoms with Crippen molar-refractivity contribution in [2.24, 2.45) is 5.92 Å². The first-order chi connectivity index (χ1) is 8.56. The second-order valence-electron chi connectivity index (χ2n) is 5.35. The first kappa shape index (κ1) is 13.3. The number of carboxylic acid groups (broad SMARTS) is 1. The fraction of sp³-hybridized carbons (Fsp3) is 0.846. The lowest BCUT2D eigenvalue weighted by atomic mass is 10.1. The lowest BCUT2D eigenvalue weighted by molar-refractivity contribution is -0.141. The largest absolute Gasteiger partial charge is 0.481 e. The zero-order valence-corrected chi connectivity index (χ0v) is 10.8. The van der Waals surface area contributed by atoms with Crippen molar-refractivity contribution in [1.82, 2.24) is 4.90 Å². The van der Waals surface area contributed by atoms with Crippen molar-refractivity contribution < 1.29 is 19.4 Å². The van der Waals surface area contributed by atoms with E-state index in [0.29, 0.717) is 32.0 Å². The predicted octanol–water partition coefficient (Wildman–Crippen LogP) is 1.27. The molecule has 1 amide bonds. The molecule has 0 aromatic carbocycles. The molecule has 1 N–H and O–H groups in total. The highest BCUT2D eigenvalue weighted by atomic mass is 16.5. The SMILES string of the molecule is CC1CCC(CCC(=O)N2CCC(C(=O)O)C2)O1. The van der Waals surface area contributed by atoms with Gasteiger partial charge in [-0.05, 0) is 32.6 Å². The zero-order chi connectivity index (χ0) is 13.1. The van der Waals surface area contributed by atoms with Crippen LogP contribution in [-0.2, 0) is 14.3 Å². The van der Waals surface area contributed by atoms with Gasteiger partial charge in [0, 0.05) is 19.5 Å². The molecule has 0 radical (unpaired) electrons. The molecule has 3 unspecified atom stereocenters. The highest BCUT2D eigenvalue weighted by Gasteiger charge is 2.31. The molecule has 2 aliphatic rings. The second kappa shape index (κ2) is 5.69. The molecule has 2 fully saturated rings. The molecule has 2 rings (SSSR count). The molecule has 3 atom stereocenters. The van der Waals surface area contributed by atoms with Gasteiger partial charge in [-0.3, -0.25) is 9.59 Å². The van der Waals surface area contributed by atoms with Crippen LogP contribution in [0.2, 0.25) is 0 Å². The summed E-state index contributed by atoms with van der Waals surface area (Å²) in [4.78, 5) is 24.4. The van der Waals surface area contributed by atoms with Crippen LogP contribution >= 0.6 is 0 Å². The fourth-order valence-corrected chi connectivity index (χ4v) is 2.73. The summed E-state index contributed by atoms with van der Waals surface area (Å²) >= 11 is 0. The summed E-state index contributed by atoms with van der Waals surface area (Å²) in [5.41, 5.74) is 0. The lowest BCUT2D eigenvalue weighted by Gasteiger charge is -2.17. The summed E-state index contributed by atoms with van der Waals surface area (Å²) in [5.74, 6) is -1.10. The lowest BCUT2D eigenvalue weighted by Crippen LogP contribution is -2.30. The van der Waals surface area contributed by atoms with Crippen molar-refractivity contribution in [3.63, 3.8) is 0 Å². The molecule has 0 saturated carbocycles. The number of carboxylic acids is 1. The van der Waals surface area contributed by atoms with Gasteiger partial charge >= 0.3 is 5.97 Å². The molecule has 2 aliphatic heterocycles. The van der Waals surface area contributed by atoms with Crippen LogP contribution in [0.5, 0.6) is 0 Å². The van der Waals surface area contributed by atoms with E-state index in [0.717, 1.165) is 19.3 Å².